The zero-order valence-corrected chi connectivity index (χ0v) is 13.0. The molecular weight excluding hydrogens is 296 g/mol. The van der Waals surface area contributed by atoms with Gasteiger partial charge in [-0.05, 0) is 30.2 Å². The van der Waals surface area contributed by atoms with Crippen LogP contribution in [0.3, 0.4) is 0 Å². The van der Waals surface area contributed by atoms with Crippen molar-refractivity contribution in [2.75, 3.05) is 23.7 Å². The SMILES string of the molecule is O=C(NCCS(=O)c1ccccc1)N1CCc2ccccc21. The molecule has 0 spiro atoms. The van der Waals surface area contributed by atoms with Gasteiger partial charge in [0.25, 0.3) is 0 Å². The molecule has 114 valence electrons. The van der Waals surface area contributed by atoms with Crippen molar-refractivity contribution in [3.8, 4) is 0 Å². The van der Waals surface area contributed by atoms with Crippen LogP contribution in [0.5, 0.6) is 0 Å². The molecule has 0 saturated carbocycles. The summed E-state index contributed by atoms with van der Waals surface area (Å²) in [5, 5.41) is 2.86. The Kier molecular flexibility index (Phi) is 4.53. The van der Waals surface area contributed by atoms with E-state index in [9.17, 15) is 9.00 Å². The van der Waals surface area contributed by atoms with Gasteiger partial charge in [0, 0.05) is 29.4 Å². The van der Waals surface area contributed by atoms with Crippen molar-refractivity contribution in [1.82, 2.24) is 5.32 Å². The van der Waals surface area contributed by atoms with Crippen LogP contribution >= 0.6 is 0 Å². The van der Waals surface area contributed by atoms with Crippen LogP contribution in [0, 0.1) is 0 Å². The van der Waals surface area contributed by atoms with Crippen LogP contribution in [0.25, 0.3) is 0 Å². The summed E-state index contributed by atoms with van der Waals surface area (Å²) in [5.74, 6) is 0.422. The molecule has 0 radical (unpaired) electrons. The van der Waals surface area contributed by atoms with Gasteiger partial charge in [-0.1, -0.05) is 36.4 Å². The van der Waals surface area contributed by atoms with Gasteiger partial charge in [0.15, 0.2) is 0 Å². The highest BCUT2D eigenvalue weighted by Crippen LogP contribution is 2.27. The topological polar surface area (TPSA) is 49.4 Å². The molecule has 1 unspecified atom stereocenters. The summed E-state index contributed by atoms with van der Waals surface area (Å²) in [6, 6.07) is 17.1. The van der Waals surface area contributed by atoms with Gasteiger partial charge in [-0.25, -0.2) is 4.79 Å². The maximum Gasteiger partial charge on any atom is 0.321 e. The number of anilines is 1. The van der Waals surface area contributed by atoms with Gasteiger partial charge in [0.1, 0.15) is 0 Å². The van der Waals surface area contributed by atoms with Crippen LogP contribution in [0.1, 0.15) is 5.56 Å². The van der Waals surface area contributed by atoms with Gasteiger partial charge >= 0.3 is 6.03 Å². The average Bonchev–Trinajstić information content (AvgIpc) is 2.99. The highest BCUT2D eigenvalue weighted by molar-refractivity contribution is 7.85. The van der Waals surface area contributed by atoms with Crippen molar-refractivity contribution in [3.05, 3.63) is 60.2 Å². The molecule has 1 aliphatic heterocycles. The van der Waals surface area contributed by atoms with Gasteiger partial charge in [0.05, 0.1) is 10.8 Å². The summed E-state index contributed by atoms with van der Waals surface area (Å²) in [6.07, 6.45) is 0.888. The molecule has 0 fully saturated rings. The number of amides is 2. The fraction of sp³-hybridized carbons (Fsp3) is 0.235. The van der Waals surface area contributed by atoms with E-state index in [1.807, 2.05) is 54.6 Å². The molecule has 0 aromatic heterocycles. The molecule has 2 aromatic rings. The first kappa shape index (κ1) is 14.8. The first-order chi connectivity index (χ1) is 10.8. The van der Waals surface area contributed by atoms with Crippen LogP contribution < -0.4 is 10.2 Å². The number of hydrogen-bond donors (Lipinski definition) is 1. The number of urea groups is 1. The van der Waals surface area contributed by atoms with Gasteiger partial charge < -0.3 is 5.32 Å². The Bertz CT molecular complexity index is 688. The Morgan fingerprint density at radius 1 is 1.09 bits per heavy atom. The second kappa shape index (κ2) is 6.75. The van der Waals surface area contributed by atoms with Crippen LogP contribution in [0.2, 0.25) is 0 Å². The average molecular weight is 314 g/mol. The largest absolute Gasteiger partial charge is 0.337 e. The quantitative estimate of drug-likeness (QED) is 0.943. The maximum atomic E-state index is 12.2. The smallest absolute Gasteiger partial charge is 0.321 e. The fourth-order valence-electron chi connectivity index (χ4n) is 2.59. The molecule has 1 heterocycles. The van der Waals surface area contributed by atoms with Gasteiger partial charge in [-0.2, -0.15) is 0 Å². The molecule has 1 N–H and O–H groups in total. The summed E-state index contributed by atoms with van der Waals surface area (Å²) >= 11 is 0. The van der Waals surface area contributed by atoms with Crippen molar-refractivity contribution < 1.29 is 9.00 Å². The highest BCUT2D eigenvalue weighted by Gasteiger charge is 2.23. The van der Waals surface area contributed by atoms with Gasteiger partial charge in [-0.3, -0.25) is 9.11 Å². The molecule has 0 saturated heterocycles. The number of rotatable bonds is 4. The molecule has 4 nitrogen and oxygen atoms in total. The summed E-state index contributed by atoms with van der Waals surface area (Å²) < 4.78 is 12.1. The van der Waals surface area contributed by atoms with Crippen molar-refractivity contribution in [2.24, 2.45) is 0 Å². The molecule has 2 amide bonds. The number of hydrogen-bond acceptors (Lipinski definition) is 2. The van der Waals surface area contributed by atoms with Crippen molar-refractivity contribution in [1.29, 1.82) is 0 Å². The number of carbonyl (C=O) groups is 1. The van der Waals surface area contributed by atoms with Gasteiger partial charge in [0.2, 0.25) is 0 Å². The van der Waals surface area contributed by atoms with Crippen molar-refractivity contribution >= 4 is 22.5 Å². The van der Waals surface area contributed by atoms with E-state index in [2.05, 4.69) is 5.32 Å². The summed E-state index contributed by atoms with van der Waals surface area (Å²) in [5.41, 5.74) is 2.18. The summed E-state index contributed by atoms with van der Waals surface area (Å²) in [4.78, 5) is 14.8. The van der Waals surface area contributed by atoms with Crippen LogP contribution in [-0.4, -0.2) is 29.1 Å². The third kappa shape index (κ3) is 3.20. The van der Waals surface area contributed by atoms with Gasteiger partial charge in [-0.15, -0.1) is 0 Å². The second-order valence-corrected chi connectivity index (χ2v) is 6.70. The molecule has 2 aromatic carbocycles. The Hall–Kier alpha value is -2.14. The number of para-hydroxylation sites is 1. The second-order valence-electron chi connectivity index (χ2n) is 5.12. The van der Waals surface area contributed by atoms with E-state index >= 15 is 0 Å². The Morgan fingerprint density at radius 3 is 2.64 bits per heavy atom. The Balaban J connectivity index is 1.53. The predicted molar refractivity (Wildman–Crippen MR) is 88.6 cm³/mol. The standard InChI is InChI=1S/C17H18N2O2S/c20-17(19-12-10-14-6-4-5-9-16(14)19)18-11-13-22(21)15-7-2-1-3-8-15/h1-9H,10-13H2,(H,18,20). The number of nitrogens with one attached hydrogen (secondary N) is 1. The van der Waals surface area contributed by atoms with E-state index in [0.717, 1.165) is 17.0 Å². The maximum absolute atomic E-state index is 12.2. The molecule has 0 bridgehead atoms. The molecule has 1 atom stereocenters. The number of nitrogens with zero attached hydrogens (tertiary/aromatic N) is 1. The Morgan fingerprint density at radius 2 is 1.82 bits per heavy atom. The van der Waals surface area contributed by atoms with Crippen LogP contribution in [0.4, 0.5) is 10.5 Å². The summed E-state index contributed by atoms with van der Waals surface area (Å²) in [6.45, 7) is 1.10. The predicted octanol–water partition coefficient (Wildman–Crippen LogP) is 2.57. The van der Waals surface area contributed by atoms with Crippen LogP contribution in [-0.2, 0) is 17.2 Å². The lowest BCUT2D eigenvalue weighted by Gasteiger charge is -2.17. The minimum absolute atomic E-state index is 0.116. The molecule has 3 rings (SSSR count). The molecular formula is C17H18N2O2S. The molecule has 1 aliphatic rings. The number of benzene rings is 2. The first-order valence-electron chi connectivity index (χ1n) is 7.32. The van der Waals surface area contributed by atoms with E-state index in [1.54, 1.807) is 4.90 Å². The monoisotopic (exact) mass is 314 g/mol. The fourth-order valence-corrected chi connectivity index (χ4v) is 3.57. The van der Waals surface area contributed by atoms with E-state index in [0.29, 0.717) is 18.8 Å². The zero-order valence-electron chi connectivity index (χ0n) is 12.2. The lowest BCUT2D eigenvalue weighted by atomic mass is 10.2. The van der Waals surface area contributed by atoms with Crippen molar-refractivity contribution in [3.63, 3.8) is 0 Å². The van der Waals surface area contributed by atoms with Crippen LogP contribution in [0.15, 0.2) is 59.5 Å². The van der Waals surface area contributed by atoms with Crippen molar-refractivity contribution in [2.45, 2.75) is 11.3 Å². The number of carbonyl (C=O) groups excluding carboxylic acids is 1. The zero-order chi connectivity index (χ0) is 15.4. The third-order valence-electron chi connectivity index (χ3n) is 3.70. The number of fused-ring (bicyclic) bond motifs is 1. The lowest BCUT2D eigenvalue weighted by molar-refractivity contribution is 0.247. The summed E-state index contributed by atoms with van der Waals surface area (Å²) in [7, 11) is -1.08. The third-order valence-corrected chi connectivity index (χ3v) is 5.07. The normalized spacial score (nSPS) is 14.5. The molecule has 5 heteroatoms. The Labute approximate surface area is 132 Å². The lowest BCUT2D eigenvalue weighted by Crippen LogP contribution is -2.40. The minimum Gasteiger partial charge on any atom is -0.337 e. The minimum atomic E-state index is -1.08. The van der Waals surface area contributed by atoms with E-state index in [-0.39, 0.29) is 6.03 Å². The van der Waals surface area contributed by atoms with E-state index < -0.39 is 10.8 Å². The molecule has 0 aliphatic carbocycles. The van der Waals surface area contributed by atoms with E-state index in [4.69, 9.17) is 0 Å². The highest BCUT2D eigenvalue weighted by atomic mass is 32.2. The molecule has 22 heavy (non-hydrogen) atoms. The first-order valence-corrected chi connectivity index (χ1v) is 8.64. The van der Waals surface area contributed by atoms with E-state index in [1.165, 1.54) is 5.56 Å².